The third-order valence-corrected chi connectivity index (χ3v) is 7.75. The lowest BCUT2D eigenvalue weighted by atomic mass is 9.56. The van der Waals surface area contributed by atoms with Crippen LogP contribution in [0.3, 0.4) is 0 Å². The van der Waals surface area contributed by atoms with Gasteiger partial charge in [-0.2, -0.15) is 0 Å². The van der Waals surface area contributed by atoms with Crippen molar-refractivity contribution < 1.29 is 40.8 Å². The monoisotopic (exact) mass is 491 g/mol. The molecule has 0 atom stereocenters. The summed E-state index contributed by atoms with van der Waals surface area (Å²) in [6.07, 6.45) is 3.02. The normalized spacial score (nSPS) is 25.0. The summed E-state index contributed by atoms with van der Waals surface area (Å²) in [4.78, 5) is 0. The number of rotatable bonds is 8. The number of hydrogen-bond donors (Lipinski definition) is 1. The maximum absolute atomic E-state index is 12.5. The molecule has 0 amide bonds. The van der Waals surface area contributed by atoms with Gasteiger partial charge in [-0.25, -0.2) is 0 Å². The third kappa shape index (κ3) is 4.11. The topological polar surface area (TPSA) is 47.9 Å². The Balaban J connectivity index is 0.00000272. The fourth-order valence-corrected chi connectivity index (χ4v) is 5.67. The first kappa shape index (κ1) is 24.1. The molecule has 5 rings (SSSR count). The molecule has 2 aromatic rings. The maximum atomic E-state index is 12.5. The number of piperidine rings is 3. The molecule has 2 aromatic carbocycles. The molecule has 0 radical (unpaired) electrons. The predicted molar refractivity (Wildman–Crippen MR) is 117 cm³/mol. The molecule has 3 aliphatic heterocycles. The van der Waals surface area contributed by atoms with E-state index in [4.69, 9.17) is 14.2 Å². The fraction of sp³-hybridized carbons (Fsp3) is 0.520. The lowest BCUT2D eigenvalue weighted by molar-refractivity contribution is -0.946. The number of hydrogen-bond acceptors (Lipinski definition) is 4. The van der Waals surface area contributed by atoms with E-state index in [1.807, 2.05) is 48.5 Å². The molecule has 0 saturated carbocycles. The zero-order valence-electron chi connectivity index (χ0n) is 18.8. The highest BCUT2D eigenvalue weighted by Gasteiger charge is 2.60. The standard InChI is InChI=1S/C25H34NO4.BrH/c1-28-19-18-26-15-12-24(13-16-26,14-17-26)25(27,20-4-8-22(29-2)9-5-20)21-6-10-23(30-3)11-7-21;/h4-11,27H,12-19H2,1-3H3;1H/q+1;/p-1. The van der Waals surface area contributed by atoms with E-state index in [1.165, 1.54) is 0 Å². The largest absolute Gasteiger partial charge is 1.00 e. The molecule has 3 fully saturated rings. The van der Waals surface area contributed by atoms with Gasteiger partial charge in [0.2, 0.25) is 0 Å². The van der Waals surface area contributed by atoms with Gasteiger partial charge in [0.15, 0.2) is 0 Å². The molecule has 3 aliphatic rings. The molecule has 0 unspecified atom stereocenters. The summed E-state index contributed by atoms with van der Waals surface area (Å²) in [7, 11) is 5.12. The molecule has 0 spiro atoms. The Morgan fingerprint density at radius 1 is 0.806 bits per heavy atom. The van der Waals surface area contributed by atoms with Crippen molar-refractivity contribution in [3.63, 3.8) is 0 Å². The summed E-state index contributed by atoms with van der Waals surface area (Å²) in [6, 6.07) is 15.9. The molecule has 31 heavy (non-hydrogen) atoms. The zero-order chi connectivity index (χ0) is 21.2. The molecule has 0 aromatic heterocycles. The second-order valence-corrected chi connectivity index (χ2v) is 8.93. The average Bonchev–Trinajstić information content (AvgIpc) is 2.83. The van der Waals surface area contributed by atoms with E-state index in [0.29, 0.717) is 0 Å². The Kier molecular flexibility index (Phi) is 7.36. The van der Waals surface area contributed by atoms with Gasteiger partial charge in [-0.05, 0) is 35.4 Å². The lowest BCUT2D eigenvalue weighted by Gasteiger charge is -2.60. The Morgan fingerprint density at radius 2 is 1.23 bits per heavy atom. The summed E-state index contributed by atoms with van der Waals surface area (Å²) in [5.74, 6) is 1.60. The van der Waals surface area contributed by atoms with Crippen molar-refractivity contribution in [1.82, 2.24) is 0 Å². The maximum Gasteiger partial charge on any atom is 0.121 e. The van der Waals surface area contributed by atoms with Crippen molar-refractivity contribution in [2.75, 3.05) is 54.1 Å². The molecule has 3 heterocycles. The minimum Gasteiger partial charge on any atom is -1.00 e. The Labute approximate surface area is 196 Å². The van der Waals surface area contributed by atoms with Gasteiger partial charge in [0.05, 0.1) is 40.5 Å². The third-order valence-electron chi connectivity index (χ3n) is 7.75. The van der Waals surface area contributed by atoms with Crippen LogP contribution in [0, 0.1) is 5.41 Å². The van der Waals surface area contributed by atoms with E-state index in [1.54, 1.807) is 21.3 Å². The summed E-state index contributed by atoms with van der Waals surface area (Å²) in [5.41, 5.74) is 0.645. The van der Waals surface area contributed by atoms with Crippen LogP contribution in [0.4, 0.5) is 0 Å². The number of nitrogens with zero attached hydrogens (tertiary/aromatic N) is 1. The quantitative estimate of drug-likeness (QED) is 0.549. The van der Waals surface area contributed by atoms with E-state index in [0.717, 1.165) is 79.2 Å². The molecule has 6 heteroatoms. The van der Waals surface area contributed by atoms with Crippen molar-refractivity contribution in [3.8, 4) is 11.5 Å². The number of methoxy groups -OCH3 is 3. The Hall–Kier alpha value is -1.60. The van der Waals surface area contributed by atoms with Gasteiger partial charge in [-0.3, -0.25) is 0 Å². The number of fused-ring (bicyclic) bond motifs is 3. The molecule has 1 N–H and O–H groups in total. The number of ether oxygens (including phenoxy) is 3. The molecular formula is C25H34BrNO4. The van der Waals surface area contributed by atoms with Crippen LogP contribution in [0.1, 0.15) is 30.4 Å². The Bertz CT molecular complexity index is 781. The first-order valence-corrected chi connectivity index (χ1v) is 10.9. The van der Waals surface area contributed by atoms with Crippen molar-refractivity contribution in [1.29, 1.82) is 0 Å². The van der Waals surface area contributed by atoms with E-state index in [9.17, 15) is 5.11 Å². The zero-order valence-corrected chi connectivity index (χ0v) is 20.4. The number of halogens is 1. The second-order valence-electron chi connectivity index (χ2n) is 8.93. The second kappa shape index (κ2) is 9.49. The van der Waals surface area contributed by atoms with Crippen LogP contribution in [0.25, 0.3) is 0 Å². The van der Waals surface area contributed by atoms with E-state index in [2.05, 4.69) is 0 Å². The molecule has 5 nitrogen and oxygen atoms in total. The minimum atomic E-state index is -1.05. The van der Waals surface area contributed by atoms with E-state index >= 15 is 0 Å². The predicted octanol–water partition coefficient (Wildman–Crippen LogP) is 0.591. The lowest BCUT2D eigenvalue weighted by Crippen LogP contribution is -3.00. The first-order valence-electron chi connectivity index (χ1n) is 10.9. The van der Waals surface area contributed by atoms with Gasteiger partial charge in [0.25, 0.3) is 0 Å². The summed E-state index contributed by atoms with van der Waals surface area (Å²) >= 11 is 0. The minimum absolute atomic E-state index is 0. The van der Waals surface area contributed by atoms with Gasteiger partial charge in [-0.1, -0.05) is 24.3 Å². The van der Waals surface area contributed by atoms with Gasteiger partial charge >= 0.3 is 0 Å². The molecule has 170 valence electrons. The van der Waals surface area contributed by atoms with Crippen LogP contribution < -0.4 is 26.5 Å². The van der Waals surface area contributed by atoms with Gasteiger partial charge in [0.1, 0.15) is 23.6 Å². The summed E-state index contributed by atoms with van der Waals surface area (Å²) in [6.45, 7) is 5.15. The first-order chi connectivity index (χ1) is 14.5. The van der Waals surface area contributed by atoms with E-state index in [-0.39, 0.29) is 22.4 Å². The smallest absolute Gasteiger partial charge is 0.121 e. The number of aliphatic hydroxyl groups is 1. The van der Waals surface area contributed by atoms with Crippen LogP contribution in [0.5, 0.6) is 11.5 Å². The van der Waals surface area contributed by atoms with Crippen LogP contribution in [-0.4, -0.2) is 63.7 Å². The molecular weight excluding hydrogens is 458 g/mol. The van der Waals surface area contributed by atoms with Crippen molar-refractivity contribution in [2.45, 2.75) is 24.9 Å². The summed E-state index contributed by atoms with van der Waals surface area (Å²) < 4.78 is 17.2. The average molecular weight is 492 g/mol. The van der Waals surface area contributed by atoms with Crippen molar-refractivity contribution in [2.24, 2.45) is 5.41 Å². The van der Waals surface area contributed by atoms with Gasteiger partial charge < -0.3 is 40.8 Å². The highest BCUT2D eigenvalue weighted by Crippen LogP contribution is 2.57. The SMILES string of the molecule is COCC[N+]12CCC(C(O)(c3ccc(OC)cc3)c3ccc(OC)cc3)(CC1)CC2.[Br-]. The highest BCUT2D eigenvalue weighted by atomic mass is 79.9. The fourth-order valence-electron chi connectivity index (χ4n) is 5.67. The number of quaternary nitrogens is 1. The van der Waals surface area contributed by atoms with Crippen LogP contribution in [-0.2, 0) is 10.3 Å². The molecule has 0 aliphatic carbocycles. The van der Waals surface area contributed by atoms with Crippen molar-refractivity contribution >= 4 is 0 Å². The van der Waals surface area contributed by atoms with E-state index < -0.39 is 5.60 Å². The van der Waals surface area contributed by atoms with Crippen molar-refractivity contribution in [3.05, 3.63) is 59.7 Å². The van der Waals surface area contributed by atoms with Crippen LogP contribution in [0.15, 0.2) is 48.5 Å². The van der Waals surface area contributed by atoms with Crippen LogP contribution >= 0.6 is 0 Å². The Morgan fingerprint density at radius 3 is 1.58 bits per heavy atom. The highest BCUT2D eigenvalue weighted by molar-refractivity contribution is 5.43. The van der Waals surface area contributed by atoms with Crippen LogP contribution in [0.2, 0.25) is 0 Å². The van der Waals surface area contributed by atoms with Gasteiger partial charge in [0, 0.05) is 31.8 Å². The van der Waals surface area contributed by atoms with Gasteiger partial charge in [-0.15, -0.1) is 0 Å². The summed E-state index contributed by atoms with van der Waals surface area (Å²) in [5, 5.41) is 12.5. The number of benzene rings is 2. The molecule has 3 saturated heterocycles. The molecule has 2 bridgehead atoms.